The number of hydrogen-bond donors (Lipinski definition) is 1. The van der Waals surface area contributed by atoms with Crippen molar-refractivity contribution in [3.05, 3.63) is 71.8 Å². The van der Waals surface area contributed by atoms with Crippen molar-refractivity contribution in [1.82, 2.24) is 10.2 Å². The Morgan fingerprint density at radius 1 is 1.00 bits per heavy atom. The lowest BCUT2D eigenvalue weighted by atomic mass is 9.90. The third kappa shape index (κ3) is 5.67. The maximum absolute atomic E-state index is 13.3. The van der Waals surface area contributed by atoms with Crippen LogP contribution in [0.3, 0.4) is 0 Å². The summed E-state index contributed by atoms with van der Waals surface area (Å²) in [6, 6.07) is 20.5. The molecule has 3 rings (SSSR count). The van der Waals surface area contributed by atoms with Gasteiger partial charge in [-0.2, -0.15) is 0 Å². The quantitative estimate of drug-likeness (QED) is 0.779. The van der Waals surface area contributed by atoms with Crippen molar-refractivity contribution in [2.45, 2.75) is 51.0 Å². The molecule has 27 heavy (non-hydrogen) atoms. The van der Waals surface area contributed by atoms with Crippen LogP contribution in [0, 0.1) is 0 Å². The van der Waals surface area contributed by atoms with Gasteiger partial charge in [-0.05, 0) is 49.9 Å². The Hall–Kier alpha value is -2.13. The number of carbonyl (C=O) groups excluding carboxylic acids is 1. The molecule has 3 heteroatoms. The highest BCUT2D eigenvalue weighted by atomic mass is 16.1. The third-order valence-corrected chi connectivity index (χ3v) is 5.52. The van der Waals surface area contributed by atoms with E-state index in [1.807, 2.05) is 36.4 Å². The SMILES string of the molecule is CCCCN1CCCC(NC(=O)C(c2ccccc2)c2ccccc2)CC1. The van der Waals surface area contributed by atoms with E-state index in [0.29, 0.717) is 0 Å². The van der Waals surface area contributed by atoms with Gasteiger partial charge in [0.2, 0.25) is 5.91 Å². The summed E-state index contributed by atoms with van der Waals surface area (Å²) in [4.78, 5) is 15.8. The first-order valence-corrected chi connectivity index (χ1v) is 10.4. The maximum atomic E-state index is 13.3. The summed E-state index contributed by atoms with van der Waals surface area (Å²) in [5.41, 5.74) is 2.11. The molecule has 3 nitrogen and oxygen atoms in total. The lowest BCUT2D eigenvalue weighted by Crippen LogP contribution is -2.39. The minimum absolute atomic E-state index is 0.124. The second kappa shape index (κ2) is 10.3. The third-order valence-electron chi connectivity index (χ3n) is 5.52. The summed E-state index contributed by atoms with van der Waals surface area (Å²) in [7, 11) is 0. The molecule has 1 amide bonds. The van der Waals surface area contributed by atoms with Crippen LogP contribution in [-0.4, -0.2) is 36.5 Å². The lowest BCUT2D eigenvalue weighted by molar-refractivity contribution is -0.122. The summed E-state index contributed by atoms with van der Waals surface area (Å²) in [5.74, 6) is -0.119. The van der Waals surface area contributed by atoms with E-state index in [1.54, 1.807) is 0 Å². The molecule has 1 N–H and O–H groups in total. The first-order chi connectivity index (χ1) is 13.3. The van der Waals surface area contributed by atoms with Gasteiger partial charge >= 0.3 is 0 Å². The van der Waals surface area contributed by atoms with Crippen LogP contribution in [0.15, 0.2) is 60.7 Å². The van der Waals surface area contributed by atoms with Gasteiger partial charge in [0.05, 0.1) is 5.92 Å². The first kappa shape index (κ1) is 19.6. The topological polar surface area (TPSA) is 32.3 Å². The van der Waals surface area contributed by atoms with Gasteiger partial charge in [-0.15, -0.1) is 0 Å². The molecule has 0 spiro atoms. The van der Waals surface area contributed by atoms with E-state index in [2.05, 4.69) is 41.4 Å². The van der Waals surface area contributed by atoms with E-state index in [0.717, 1.165) is 43.5 Å². The molecule has 2 aromatic carbocycles. The van der Waals surface area contributed by atoms with E-state index in [-0.39, 0.29) is 17.9 Å². The Morgan fingerprint density at radius 2 is 1.63 bits per heavy atom. The Kier molecular flexibility index (Phi) is 7.46. The molecular weight excluding hydrogens is 332 g/mol. The number of unbranched alkanes of at least 4 members (excludes halogenated alkanes) is 1. The van der Waals surface area contributed by atoms with Crippen molar-refractivity contribution in [1.29, 1.82) is 0 Å². The van der Waals surface area contributed by atoms with Gasteiger partial charge in [0.1, 0.15) is 0 Å². The lowest BCUT2D eigenvalue weighted by Gasteiger charge is -2.23. The second-order valence-corrected chi connectivity index (χ2v) is 7.59. The highest BCUT2D eigenvalue weighted by Crippen LogP contribution is 2.25. The standard InChI is InChI=1S/C24H32N2O/c1-2-3-17-26-18-10-15-22(16-19-26)25-24(27)23(20-11-6-4-7-12-20)21-13-8-5-9-14-21/h4-9,11-14,22-23H,2-3,10,15-19H2,1H3,(H,25,27). The van der Waals surface area contributed by atoms with Crippen LogP contribution in [0.1, 0.15) is 56.1 Å². The number of nitrogens with one attached hydrogen (secondary N) is 1. The van der Waals surface area contributed by atoms with Crippen LogP contribution in [-0.2, 0) is 4.79 Å². The van der Waals surface area contributed by atoms with Gasteiger partial charge in [0.15, 0.2) is 0 Å². The molecule has 0 bridgehead atoms. The zero-order valence-electron chi connectivity index (χ0n) is 16.4. The fourth-order valence-corrected chi connectivity index (χ4v) is 3.98. The molecule has 2 aromatic rings. The van der Waals surface area contributed by atoms with Gasteiger partial charge in [0.25, 0.3) is 0 Å². The number of nitrogens with zero attached hydrogens (tertiary/aromatic N) is 1. The monoisotopic (exact) mass is 364 g/mol. The molecule has 1 atom stereocenters. The molecule has 0 aliphatic carbocycles. The highest BCUT2D eigenvalue weighted by molar-refractivity contribution is 5.87. The van der Waals surface area contributed by atoms with E-state index in [1.165, 1.54) is 19.4 Å². The van der Waals surface area contributed by atoms with Crippen molar-refractivity contribution in [3.63, 3.8) is 0 Å². The maximum Gasteiger partial charge on any atom is 0.232 e. The Bertz CT molecular complexity index is 647. The van der Waals surface area contributed by atoms with Gasteiger partial charge in [-0.1, -0.05) is 74.0 Å². The Balaban J connectivity index is 1.68. The van der Waals surface area contributed by atoms with Gasteiger partial charge < -0.3 is 10.2 Å². The van der Waals surface area contributed by atoms with Crippen LogP contribution >= 0.6 is 0 Å². The molecule has 1 aliphatic rings. The van der Waals surface area contributed by atoms with Crippen LogP contribution in [0.2, 0.25) is 0 Å². The van der Waals surface area contributed by atoms with Crippen LogP contribution in [0.4, 0.5) is 0 Å². The molecule has 0 aromatic heterocycles. The Labute approximate surface area is 163 Å². The highest BCUT2D eigenvalue weighted by Gasteiger charge is 2.26. The minimum atomic E-state index is -0.244. The van der Waals surface area contributed by atoms with Crippen molar-refractivity contribution in [2.24, 2.45) is 0 Å². The minimum Gasteiger partial charge on any atom is -0.353 e. The van der Waals surface area contributed by atoms with Gasteiger partial charge in [-0.3, -0.25) is 4.79 Å². The average Bonchev–Trinajstić information content (AvgIpc) is 2.93. The fraction of sp³-hybridized carbons (Fsp3) is 0.458. The van der Waals surface area contributed by atoms with E-state index in [9.17, 15) is 4.79 Å². The molecule has 1 heterocycles. The van der Waals surface area contributed by atoms with Crippen LogP contribution < -0.4 is 5.32 Å². The summed E-state index contributed by atoms with van der Waals surface area (Å²) in [6.07, 6.45) is 5.79. The molecule has 1 aliphatic heterocycles. The average molecular weight is 365 g/mol. The molecule has 144 valence electrons. The number of carbonyl (C=O) groups is 1. The molecule has 1 unspecified atom stereocenters. The predicted octanol–water partition coefficient (Wildman–Crippen LogP) is 4.59. The van der Waals surface area contributed by atoms with Crippen molar-refractivity contribution < 1.29 is 4.79 Å². The normalized spacial score (nSPS) is 18.2. The van der Waals surface area contributed by atoms with Crippen molar-refractivity contribution in [2.75, 3.05) is 19.6 Å². The van der Waals surface area contributed by atoms with Crippen LogP contribution in [0.5, 0.6) is 0 Å². The molecule has 0 saturated carbocycles. The van der Waals surface area contributed by atoms with Crippen molar-refractivity contribution >= 4 is 5.91 Å². The smallest absolute Gasteiger partial charge is 0.232 e. The van der Waals surface area contributed by atoms with E-state index in [4.69, 9.17) is 0 Å². The molecule has 1 fully saturated rings. The number of likely N-dealkylation sites (tertiary alicyclic amines) is 1. The van der Waals surface area contributed by atoms with Crippen LogP contribution in [0.25, 0.3) is 0 Å². The number of rotatable bonds is 7. The summed E-state index contributed by atoms with van der Waals surface area (Å²) in [6.45, 7) is 5.68. The largest absolute Gasteiger partial charge is 0.353 e. The zero-order valence-corrected chi connectivity index (χ0v) is 16.4. The van der Waals surface area contributed by atoms with Crippen molar-refractivity contribution in [3.8, 4) is 0 Å². The fourth-order valence-electron chi connectivity index (χ4n) is 3.98. The second-order valence-electron chi connectivity index (χ2n) is 7.59. The van der Waals surface area contributed by atoms with Gasteiger partial charge in [-0.25, -0.2) is 0 Å². The van der Waals surface area contributed by atoms with Gasteiger partial charge in [0, 0.05) is 12.6 Å². The van der Waals surface area contributed by atoms with E-state index >= 15 is 0 Å². The number of hydrogen-bond acceptors (Lipinski definition) is 2. The number of benzene rings is 2. The number of amides is 1. The first-order valence-electron chi connectivity index (χ1n) is 10.4. The summed E-state index contributed by atoms with van der Waals surface area (Å²) < 4.78 is 0. The Morgan fingerprint density at radius 3 is 2.22 bits per heavy atom. The molecule has 0 radical (unpaired) electrons. The summed E-state index contributed by atoms with van der Waals surface area (Å²) in [5, 5.41) is 3.37. The molecule has 1 saturated heterocycles. The van der Waals surface area contributed by atoms with E-state index < -0.39 is 0 Å². The molecular formula is C24H32N2O. The zero-order chi connectivity index (χ0) is 18.9. The summed E-state index contributed by atoms with van der Waals surface area (Å²) >= 11 is 0. The predicted molar refractivity (Wildman–Crippen MR) is 112 cm³/mol.